The zero-order valence-corrected chi connectivity index (χ0v) is 18.6. The third-order valence-electron chi connectivity index (χ3n) is 5.74. The maximum absolute atomic E-state index is 12.9. The average molecular weight is 444 g/mol. The van der Waals surface area contributed by atoms with Crippen LogP contribution in [0.4, 0.5) is 5.82 Å². The molecule has 33 heavy (non-hydrogen) atoms. The molecule has 1 fully saturated rings. The molecule has 1 N–H and O–H groups in total. The number of nitrogens with one attached hydrogen (secondary N) is 1. The summed E-state index contributed by atoms with van der Waals surface area (Å²) in [7, 11) is 3.93. The standard InChI is InChI=1S/C24H25N7O2/c1-30-10-8-18(9-11-30)33-19-5-3-4-16(12-19)24(32)27-23-13-21-17(14-25-23)6-7-20(26-21)22-15-31(2)29-28-22/h3-7,12-15,18H,8-11H2,1-2H3,(H,25,27,32). The molecule has 0 aliphatic carbocycles. The van der Waals surface area contributed by atoms with E-state index in [4.69, 9.17) is 4.74 Å². The van der Waals surface area contributed by atoms with Crippen molar-refractivity contribution >= 4 is 22.6 Å². The van der Waals surface area contributed by atoms with Crippen LogP contribution in [0.5, 0.6) is 5.75 Å². The van der Waals surface area contributed by atoms with Crippen molar-refractivity contribution in [3.05, 3.63) is 60.4 Å². The number of fused-ring (bicyclic) bond motifs is 1. The van der Waals surface area contributed by atoms with Crippen LogP contribution >= 0.6 is 0 Å². The van der Waals surface area contributed by atoms with E-state index in [2.05, 4.69) is 37.5 Å². The average Bonchev–Trinajstić information content (AvgIpc) is 3.26. The van der Waals surface area contributed by atoms with E-state index >= 15 is 0 Å². The molecule has 9 heteroatoms. The number of rotatable bonds is 5. The number of aromatic nitrogens is 5. The number of benzene rings is 1. The summed E-state index contributed by atoms with van der Waals surface area (Å²) in [5.74, 6) is 0.887. The quantitative estimate of drug-likeness (QED) is 0.506. The monoisotopic (exact) mass is 443 g/mol. The fraction of sp³-hybridized carbons (Fsp3) is 0.292. The summed E-state index contributed by atoms with van der Waals surface area (Å²) in [5, 5.41) is 11.8. The van der Waals surface area contributed by atoms with Gasteiger partial charge in [-0.05, 0) is 50.2 Å². The Hall–Kier alpha value is -3.85. The number of aryl methyl sites for hydroxylation is 1. The molecule has 0 radical (unpaired) electrons. The van der Waals surface area contributed by atoms with Gasteiger partial charge in [0.25, 0.3) is 5.91 Å². The molecule has 4 aromatic rings. The van der Waals surface area contributed by atoms with Crippen LogP contribution in [0.1, 0.15) is 23.2 Å². The second-order valence-electron chi connectivity index (χ2n) is 8.34. The van der Waals surface area contributed by atoms with Crippen molar-refractivity contribution in [1.82, 2.24) is 29.9 Å². The first kappa shape index (κ1) is 21.0. The van der Waals surface area contributed by atoms with Crippen molar-refractivity contribution in [2.45, 2.75) is 18.9 Å². The molecule has 0 bridgehead atoms. The van der Waals surface area contributed by atoms with Gasteiger partial charge in [-0.2, -0.15) is 0 Å². The van der Waals surface area contributed by atoms with Gasteiger partial charge < -0.3 is 15.0 Å². The summed E-state index contributed by atoms with van der Waals surface area (Å²) in [4.78, 5) is 24.2. The molecule has 0 atom stereocenters. The molecule has 1 saturated heterocycles. The first-order chi connectivity index (χ1) is 16.0. The van der Waals surface area contributed by atoms with Crippen molar-refractivity contribution in [3.63, 3.8) is 0 Å². The lowest BCUT2D eigenvalue weighted by molar-refractivity contribution is 0.102. The fourth-order valence-electron chi connectivity index (χ4n) is 3.89. The smallest absolute Gasteiger partial charge is 0.256 e. The molecule has 0 saturated carbocycles. The normalized spacial score (nSPS) is 15.0. The third kappa shape index (κ3) is 4.83. The fourth-order valence-corrected chi connectivity index (χ4v) is 3.89. The zero-order valence-electron chi connectivity index (χ0n) is 18.6. The van der Waals surface area contributed by atoms with Crippen LogP contribution in [-0.2, 0) is 7.05 Å². The van der Waals surface area contributed by atoms with Gasteiger partial charge in [-0.15, -0.1) is 5.10 Å². The van der Waals surface area contributed by atoms with Crippen LogP contribution in [0.3, 0.4) is 0 Å². The summed E-state index contributed by atoms with van der Waals surface area (Å²) >= 11 is 0. The van der Waals surface area contributed by atoms with Gasteiger partial charge >= 0.3 is 0 Å². The highest BCUT2D eigenvalue weighted by Gasteiger charge is 2.18. The van der Waals surface area contributed by atoms with Crippen molar-refractivity contribution in [1.29, 1.82) is 0 Å². The Labute approximate surface area is 191 Å². The van der Waals surface area contributed by atoms with E-state index in [1.54, 1.807) is 35.3 Å². The molecule has 5 rings (SSSR count). The molecule has 1 aromatic carbocycles. The Morgan fingerprint density at radius 1 is 1.09 bits per heavy atom. The third-order valence-corrected chi connectivity index (χ3v) is 5.74. The topological polar surface area (TPSA) is 98.1 Å². The number of nitrogens with zero attached hydrogens (tertiary/aromatic N) is 6. The SMILES string of the molecule is CN1CCC(Oc2cccc(C(=O)Nc3cc4nc(-c5cn(C)nn5)ccc4cn3)c2)CC1. The highest BCUT2D eigenvalue weighted by Crippen LogP contribution is 2.22. The van der Waals surface area contributed by atoms with Crippen LogP contribution < -0.4 is 10.1 Å². The highest BCUT2D eigenvalue weighted by atomic mass is 16.5. The number of anilines is 1. The Morgan fingerprint density at radius 3 is 2.73 bits per heavy atom. The van der Waals surface area contributed by atoms with Crippen molar-refractivity contribution in [3.8, 4) is 17.1 Å². The summed E-state index contributed by atoms with van der Waals surface area (Å²) < 4.78 is 7.74. The predicted molar refractivity (Wildman–Crippen MR) is 125 cm³/mol. The van der Waals surface area contributed by atoms with Crippen LogP contribution in [0.25, 0.3) is 22.3 Å². The van der Waals surface area contributed by atoms with Crippen LogP contribution in [0, 0.1) is 0 Å². The van der Waals surface area contributed by atoms with E-state index in [0.29, 0.717) is 34.0 Å². The lowest BCUT2D eigenvalue weighted by Crippen LogP contribution is -2.35. The lowest BCUT2D eigenvalue weighted by Gasteiger charge is -2.29. The molecule has 1 amide bonds. The van der Waals surface area contributed by atoms with Gasteiger partial charge in [0.1, 0.15) is 23.4 Å². The summed E-state index contributed by atoms with van der Waals surface area (Å²) in [6.07, 6.45) is 5.64. The summed E-state index contributed by atoms with van der Waals surface area (Å²) in [6.45, 7) is 2.04. The maximum atomic E-state index is 12.9. The Morgan fingerprint density at radius 2 is 1.94 bits per heavy atom. The summed E-state index contributed by atoms with van der Waals surface area (Å²) in [6, 6.07) is 12.8. The van der Waals surface area contributed by atoms with Gasteiger partial charge in [0, 0.05) is 43.4 Å². The molecular formula is C24H25N7O2. The number of hydrogen-bond acceptors (Lipinski definition) is 7. The molecule has 4 heterocycles. The lowest BCUT2D eigenvalue weighted by atomic mass is 10.1. The van der Waals surface area contributed by atoms with Crippen molar-refractivity contribution < 1.29 is 9.53 Å². The predicted octanol–water partition coefficient (Wildman–Crippen LogP) is 3.15. The minimum Gasteiger partial charge on any atom is -0.490 e. The second kappa shape index (κ2) is 8.95. The first-order valence-electron chi connectivity index (χ1n) is 10.9. The molecule has 1 aliphatic rings. The van der Waals surface area contributed by atoms with Gasteiger partial charge in [-0.1, -0.05) is 11.3 Å². The van der Waals surface area contributed by atoms with Crippen LogP contribution in [0.2, 0.25) is 0 Å². The molecule has 1 aliphatic heterocycles. The molecular weight excluding hydrogens is 418 g/mol. The van der Waals surface area contributed by atoms with Crippen molar-refractivity contribution in [2.75, 3.05) is 25.5 Å². The second-order valence-corrected chi connectivity index (χ2v) is 8.34. The largest absolute Gasteiger partial charge is 0.490 e. The molecule has 0 spiro atoms. The number of piperidine rings is 1. The van der Waals surface area contributed by atoms with Crippen LogP contribution in [-0.4, -0.2) is 62.0 Å². The summed E-state index contributed by atoms with van der Waals surface area (Å²) in [5.41, 5.74) is 2.62. The minimum absolute atomic E-state index is 0.177. The number of carbonyl (C=O) groups is 1. The maximum Gasteiger partial charge on any atom is 0.256 e. The number of ether oxygens (including phenoxy) is 1. The highest BCUT2D eigenvalue weighted by molar-refractivity contribution is 6.04. The Kier molecular flexibility index (Phi) is 5.70. The Bertz CT molecular complexity index is 1290. The number of hydrogen-bond donors (Lipinski definition) is 1. The van der Waals surface area contributed by atoms with E-state index in [9.17, 15) is 4.79 Å². The van der Waals surface area contributed by atoms with Gasteiger partial charge in [0.05, 0.1) is 17.4 Å². The molecule has 3 aromatic heterocycles. The zero-order chi connectivity index (χ0) is 22.8. The van der Waals surface area contributed by atoms with Gasteiger partial charge in [0.15, 0.2) is 0 Å². The van der Waals surface area contributed by atoms with Gasteiger partial charge in [-0.25, -0.2) is 9.97 Å². The van der Waals surface area contributed by atoms with Gasteiger partial charge in [-0.3, -0.25) is 9.48 Å². The molecule has 9 nitrogen and oxygen atoms in total. The van der Waals surface area contributed by atoms with E-state index < -0.39 is 0 Å². The molecule has 0 unspecified atom stereocenters. The van der Waals surface area contributed by atoms with Gasteiger partial charge in [0.2, 0.25) is 0 Å². The minimum atomic E-state index is -0.249. The molecule has 168 valence electrons. The van der Waals surface area contributed by atoms with E-state index in [1.807, 2.05) is 31.3 Å². The number of amides is 1. The number of carbonyl (C=O) groups excluding carboxylic acids is 1. The Balaban J connectivity index is 1.31. The van der Waals surface area contributed by atoms with E-state index in [1.165, 1.54) is 0 Å². The first-order valence-corrected chi connectivity index (χ1v) is 10.9. The van der Waals surface area contributed by atoms with E-state index in [0.717, 1.165) is 31.3 Å². The van der Waals surface area contributed by atoms with Crippen LogP contribution in [0.15, 0.2) is 54.9 Å². The van der Waals surface area contributed by atoms with Crippen molar-refractivity contribution in [2.24, 2.45) is 7.05 Å². The number of pyridine rings is 2. The number of likely N-dealkylation sites (tertiary alicyclic amines) is 1. The van der Waals surface area contributed by atoms with E-state index in [-0.39, 0.29) is 12.0 Å².